The highest BCUT2D eigenvalue weighted by atomic mass is 16.5. The Labute approximate surface area is 122 Å². The molecule has 0 aromatic carbocycles. The van der Waals surface area contributed by atoms with Gasteiger partial charge in [0.2, 0.25) is 5.91 Å². The zero-order chi connectivity index (χ0) is 14.3. The summed E-state index contributed by atoms with van der Waals surface area (Å²) >= 11 is 0. The molecule has 4 aliphatic carbocycles. The summed E-state index contributed by atoms with van der Waals surface area (Å²) < 4.78 is 5.25. The molecule has 1 unspecified atom stereocenters. The van der Waals surface area contributed by atoms with E-state index in [1.165, 1.54) is 32.1 Å². The van der Waals surface area contributed by atoms with Crippen LogP contribution >= 0.6 is 0 Å². The monoisotopic (exact) mass is 280 g/mol. The summed E-state index contributed by atoms with van der Waals surface area (Å²) in [5, 5.41) is 0. The van der Waals surface area contributed by atoms with E-state index in [-0.39, 0.29) is 12.0 Å². The van der Waals surface area contributed by atoms with Crippen molar-refractivity contribution in [1.29, 1.82) is 0 Å². The minimum Gasteiger partial charge on any atom is -0.380 e. The van der Waals surface area contributed by atoms with Crippen LogP contribution in [0.3, 0.4) is 0 Å². The summed E-state index contributed by atoms with van der Waals surface area (Å²) in [5.74, 6) is 3.61. The summed E-state index contributed by atoms with van der Waals surface area (Å²) in [6.45, 7) is 0.414. The second kappa shape index (κ2) is 5.64. The molecule has 0 saturated heterocycles. The van der Waals surface area contributed by atoms with Gasteiger partial charge in [0.1, 0.15) is 0 Å². The van der Waals surface area contributed by atoms with E-state index in [4.69, 9.17) is 10.5 Å². The zero-order valence-corrected chi connectivity index (χ0v) is 12.8. The van der Waals surface area contributed by atoms with Crippen molar-refractivity contribution < 1.29 is 9.53 Å². The smallest absolute Gasteiger partial charge is 0.225 e. The van der Waals surface area contributed by atoms with Gasteiger partial charge in [-0.25, -0.2) is 0 Å². The lowest BCUT2D eigenvalue weighted by molar-refractivity contribution is -0.143. The van der Waals surface area contributed by atoms with E-state index < -0.39 is 0 Å². The zero-order valence-electron chi connectivity index (χ0n) is 12.8. The van der Waals surface area contributed by atoms with Gasteiger partial charge in [-0.05, 0) is 55.8 Å². The van der Waals surface area contributed by atoms with E-state index >= 15 is 0 Å². The standard InChI is InChI=1S/C16H28N2O2/c1-18(15(19)8-14(9-17)20-2)16-12-4-10-3-11(6-12)7-13(16)5-10/h10-14,16H,3-9,17H2,1-2H3. The predicted octanol–water partition coefficient (Wildman–Crippen LogP) is 1.63. The molecule has 4 saturated carbocycles. The Morgan fingerprint density at radius 1 is 1.20 bits per heavy atom. The van der Waals surface area contributed by atoms with Gasteiger partial charge in [0.05, 0.1) is 12.5 Å². The van der Waals surface area contributed by atoms with Crippen LogP contribution in [-0.4, -0.2) is 43.7 Å². The van der Waals surface area contributed by atoms with Crippen LogP contribution in [0.25, 0.3) is 0 Å². The third-order valence-corrected chi connectivity index (χ3v) is 6.02. The summed E-state index contributed by atoms with van der Waals surface area (Å²) in [5.41, 5.74) is 5.63. The summed E-state index contributed by atoms with van der Waals surface area (Å²) in [4.78, 5) is 14.5. The number of ether oxygens (including phenoxy) is 1. The lowest BCUT2D eigenvalue weighted by Crippen LogP contribution is -2.56. The van der Waals surface area contributed by atoms with Crippen molar-refractivity contribution in [1.82, 2.24) is 4.90 Å². The third kappa shape index (κ3) is 2.48. The van der Waals surface area contributed by atoms with Crippen molar-refractivity contribution >= 4 is 5.91 Å². The van der Waals surface area contributed by atoms with Crippen LogP contribution in [0.15, 0.2) is 0 Å². The topological polar surface area (TPSA) is 55.6 Å². The number of amides is 1. The molecular formula is C16H28N2O2. The van der Waals surface area contributed by atoms with Crippen LogP contribution in [0.4, 0.5) is 0 Å². The molecule has 0 spiro atoms. The average molecular weight is 280 g/mol. The molecule has 0 radical (unpaired) electrons. The van der Waals surface area contributed by atoms with Crippen LogP contribution in [0.1, 0.15) is 38.5 Å². The maximum atomic E-state index is 12.5. The number of hydrogen-bond donors (Lipinski definition) is 1. The first-order valence-electron chi connectivity index (χ1n) is 8.10. The predicted molar refractivity (Wildman–Crippen MR) is 78.1 cm³/mol. The molecule has 4 rings (SSSR count). The first kappa shape index (κ1) is 14.3. The van der Waals surface area contributed by atoms with Crippen molar-refractivity contribution in [2.75, 3.05) is 20.7 Å². The van der Waals surface area contributed by atoms with Gasteiger partial charge in [0.15, 0.2) is 0 Å². The summed E-state index contributed by atoms with van der Waals surface area (Å²) in [7, 11) is 3.63. The quantitative estimate of drug-likeness (QED) is 0.833. The van der Waals surface area contributed by atoms with Gasteiger partial charge >= 0.3 is 0 Å². The second-order valence-electron chi connectivity index (χ2n) is 7.22. The van der Waals surface area contributed by atoms with E-state index in [0.29, 0.717) is 19.0 Å². The molecule has 2 N–H and O–H groups in total. The van der Waals surface area contributed by atoms with Gasteiger partial charge in [0.25, 0.3) is 0 Å². The van der Waals surface area contributed by atoms with Gasteiger partial charge in [-0.1, -0.05) is 0 Å². The minimum atomic E-state index is -0.137. The fourth-order valence-electron chi connectivity index (χ4n) is 5.30. The normalized spacial score (nSPS) is 39.9. The molecule has 0 aromatic rings. The van der Waals surface area contributed by atoms with Crippen molar-refractivity contribution in [3.8, 4) is 0 Å². The number of carbonyl (C=O) groups is 1. The fourth-order valence-corrected chi connectivity index (χ4v) is 5.30. The first-order chi connectivity index (χ1) is 9.62. The van der Waals surface area contributed by atoms with Crippen molar-refractivity contribution in [2.24, 2.45) is 29.4 Å². The molecule has 1 atom stereocenters. The van der Waals surface area contributed by atoms with Crippen LogP contribution in [0.2, 0.25) is 0 Å². The number of nitrogens with zero attached hydrogens (tertiary/aromatic N) is 1. The number of rotatable bonds is 5. The lowest BCUT2D eigenvalue weighted by atomic mass is 9.54. The Balaban J connectivity index is 1.65. The Kier molecular flexibility index (Phi) is 4.04. The number of nitrogens with two attached hydrogens (primary N) is 1. The molecule has 0 aliphatic heterocycles. The van der Waals surface area contributed by atoms with E-state index in [1.54, 1.807) is 7.11 Å². The van der Waals surface area contributed by atoms with Gasteiger partial charge in [-0.3, -0.25) is 4.79 Å². The number of carbonyl (C=O) groups excluding carboxylic acids is 1. The Morgan fingerprint density at radius 2 is 1.75 bits per heavy atom. The van der Waals surface area contributed by atoms with E-state index in [2.05, 4.69) is 0 Å². The molecule has 0 heterocycles. The van der Waals surface area contributed by atoms with Gasteiger partial charge in [0, 0.05) is 26.7 Å². The largest absolute Gasteiger partial charge is 0.380 e. The average Bonchev–Trinajstić information content (AvgIpc) is 2.43. The van der Waals surface area contributed by atoms with Crippen LogP contribution in [0.5, 0.6) is 0 Å². The molecule has 4 fully saturated rings. The van der Waals surface area contributed by atoms with Crippen molar-refractivity contribution in [3.63, 3.8) is 0 Å². The third-order valence-electron chi connectivity index (χ3n) is 6.02. The van der Waals surface area contributed by atoms with Crippen molar-refractivity contribution in [2.45, 2.75) is 50.7 Å². The Bertz CT molecular complexity index is 339. The highest BCUT2D eigenvalue weighted by molar-refractivity contribution is 5.77. The van der Waals surface area contributed by atoms with Crippen LogP contribution < -0.4 is 5.73 Å². The SMILES string of the molecule is COC(CN)CC(=O)N(C)C1C2CC3CC(C2)CC1C3. The number of methoxy groups -OCH3 is 1. The molecule has 4 nitrogen and oxygen atoms in total. The van der Waals surface area contributed by atoms with Crippen LogP contribution in [0, 0.1) is 23.7 Å². The minimum absolute atomic E-state index is 0.137. The molecule has 4 heteroatoms. The van der Waals surface area contributed by atoms with E-state index in [1.807, 2.05) is 11.9 Å². The molecular weight excluding hydrogens is 252 g/mol. The molecule has 0 aromatic heterocycles. The van der Waals surface area contributed by atoms with E-state index in [9.17, 15) is 4.79 Å². The maximum Gasteiger partial charge on any atom is 0.225 e. The fraction of sp³-hybridized carbons (Fsp3) is 0.938. The molecule has 20 heavy (non-hydrogen) atoms. The van der Waals surface area contributed by atoms with Gasteiger partial charge in [-0.15, -0.1) is 0 Å². The molecule has 4 bridgehead atoms. The van der Waals surface area contributed by atoms with Gasteiger partial charge < -0.3 is 15.4 Å². The van der Waals surface area contributed by atoms with E-state index in [0.717, 1.165) is 23.7 Å². The van der Waals surface area contributed by atoms with Crippen molar-refractivity contribution in [3.05, 3.63) is 0 Å². The second-order valence-corrected chi connectivity index (χ2v) is 7.22. The Hall–Kier alpha value is -0.610. The molecule has 114 valence electrons. The highest BCUT2D eigenvalue weighted by Crippen LogP contribution is 2.54. The number of hydrogen-bond acceptors (Lipinski definition) is 3. The molecule has 1 amide bonds. The first-order valence-corrected chi connectivity index (χ1v) is 8.10. The lowest BCUT2D eigenvalue weighted by Gasteiger charge is -2.56. The molecule has 4 aliphatic rings. The summed E-state index contributed by atoms with van der Waals surface area (Å²) in [6, 6.07) is 0.477. The maximum absolute atomic E-state index is 12.5. The van der Waals surface area contributed by atoms with Gasteiger partial charge in [-0.2, -0.15) is 0 Å². The Morgan fingerprint density at radius 3 is 2.20 bits per heavy atom. The van der Waals surface area contributed by atoms with Crippen LogP contribution in [-0.2, 0) is 9.53 Å². The highest BCUT2D eigenvalue weighted by Gasteiger charge is 2.50. The summed E-state index contributed by atoms with van der Waals surface area (Å²) in [6.07, 6.45) is 7.13.